The molecule has 7 heteroatoms. The highest BCUT2D eigenvalue weighted by Crippen LogP contribution is 2.28. The predicted octanol–water partition coefficient (Wildman–Crippen LogP) is 4.17. The van der Waals surface area contributed by atoms with Crippen LogP contribution in [0.5, 0.6) is 0 Å². The van der Waals surface area contributed by atoms with Crippen LogP contribution in [-0.4, -0.2) is 9.13 Å². The molecule has 0 aliphatic rings. The maximum absolute atomic E-state index is 12.7. The van der Waals surface area contributed by atoms with Gasteiger partial charge in [0.1, 0.15) is 0 Å². The summed E-state index contributed by atoms with van der Waals surface area (Å²) >= 11 is 14.3. The Kier molecular flexibility index (Phi) is 5.36. The molecule has 0 radical (unpaired) electrons. The summed E-state index contributed by atoms with van der Waals surface area (Å²) in [6, 6.07) is 14.0. The zero-order valence-corrected chi connectivity index (χ0v) is 16.8. The van der Waals surface area contributed by atoms with Crippen molar-refractivity contribution in [2.75, 3.05) is 0 Å². The first-order valence-electron chi connectivity index (χ1n) is 7.37. The molecule has 1 aromatic heterocycles. The molecule has 0 aliphatic heterocycles. The Morgan fingerprint density at radius 2 is 1.68 bits per heavy atom. The molecule has 1 heterocycles. The van der Waals surface area contributed by atoms with Gasteiger partial charge < -0.3 is 0 Å². The minimum atomic E-state index is -0.396. The molecule has 0 aliphatic carbocycles. The first kappa shape index (κ1) is 18.2. The summed E-state index contributed by atoms with van der Waals surface area (Å²) in [5, 5.41) is 0.878. The lowest BCUT2D eigenvalue weighted by Crippen LogP contribution is -2.39. The molecule has 0 atom stereocenters. The predicted molar refractivity (Wildman–Crippen MR) is 110 cm³/mol. The summed E-state index contributed by atoms with van der Waals surface area (Å²) in [7, 11) is 1.62. The van der Waals surface area contributed by atoms with Crippen LogP contribution in [0.3, 0.4) is 0 Å². The number of rotatable bonds is 3. The highest BCUT2D eigenvalue weighted by molar-refractivity contribution is 14.1. The van der Waals surface area contributed by atoms with E-state index >= 15 is 0 Å². The van der Waals surface area contributed by atoms with Gasteiger partial charge in [-0.15, -0.1) is 0 Å². The van der Waals surface area contributed by atoms with Gasteiger partial charge in [-0.05, 0) is 58.5 Å². The minimum Gasteiger partial charge on any atom is -0.296 e. The fraction of sp³-hybridized carbons (Fsp3) is 0.111. The third kappa shape index (κ3) is 3.83. The van der Waals surface area contributed by atoms with Crippen LogP contribution in [0.25, 0.3) is 11.3 Å². The van der Waals surface area contributed by atoms with Crippen LogP contribution in [0.1, 0.15) is 5.56 Å². The summed E-state index contributed by atoms with van der Waals surface area (Å²) in [5.41, 5.74) is 1.16. The van der Waals surface area contributed by atoms with Gasteiger partial charge >= 0.3 is 5.69 Å². The van der Waals surface area contributed by atoms with Gasteiger partial charge in [-0.2, -0.15) is 0 Å². The standard InChI is InChI=1S/C18H13Cl2IN2O2/c1-22-16(14-7-4-12(19)8-15(14)20)9-17(24)23(18(22)25)10-11-2-5-13(21)6-3-11/h2-9H,10H2,1H3. The molecule has 0 spiro atoms. The van der Waals surface area contributed by atoms with E-state index in [1.54, 1.807) is 25.2 Å². The van der Waals surface area contributed by atoms with E-state index in [4.69, 9.17) is 23.2 Å². The Morgan fingerprint density at radius 1 is 1.00 bits per heavy atom. The monoisotopic (exact) mass is 486 g/mol. The first-order valence-corrected chi connectivity index (χ1v) is 9.21. The molecule has 0 amide bonds. The second-order valence-corrected chi connectivity index (χ2v) is 7.64. The second-order valence-electron chi connectivity index (χ2n) is 5.55. The van der Waals surface area contributed by atoms with Gasteiger partial charge in [0.25, 0.3) is 5.56 Å². The number of aromatic nitrogens is 2. The molecule has 0 bridgehead atoms. The Morgan fingerprint density at radius 3 is 2.32 bits per heavy atom. The molecule has 2 aromatic carbocycles. The van der Waals surface area contributed by atoms with E-state index in [0.29, 0.717) is 21.3 Å². The maximum atomic E-state index is 12.7. The Bertz CT molecular complexity index is 1060. The van der Waals surface area contributed by atoms with Crippen LogP contribution in [0, 0.1) is 3.57 Å². The third-order valence-corrected chi connectivity index (χ3v) is 5.13. The number of nitrogens with zero attached hydrogens (tertiary/aromatic N) is 2. The van der Waals surface area contributed by atoms with Crippen LogP contribution >= 0.6 is 45.8 Å². The second kappa shape index (κ2) is 7.35. The number of hydrogen-bond donors (Lipinski definition) is 0. The smallest absolute Gasteiger partial charge is 0.296 e. The molecule has 3 rings (SSSR count). The lowest BCUT2D eigenvalue weighted by molar-refractivity contribution is 0.644. The summed E-state index contributed by atoms with van der Waals surface area (Å²) in [5.74, 6) is 0. The molecule has 0 unspecified atom stereocenters. The lowest BCUT2D eigenvalue weighted by atomic mass is 10.1. The van der Waals surface area contributed by atoms with E-state index < -0.39 is 5.69 Å². The molecule has 25 heavy (non-hydrogen) atoms. The van der Waals surface area contributed by atoms with Gasteiger partial charge in [-0.25, -0.2) is 4.79 Å². The summed E-state index contributed by atoms with van der Waals surface area (Å²) < 4.78 is 3.72. The van der Waals surface area contributed by atoms with Gasteiger partial charge in [0.15, 0.2) is 0 Å². The van der Waals surface area contributed by atoms with Gasteiger partial charge in [0.2, 0.25) is 0 Å². The van der Waals surface area contributed by atoms with Gasteiger partial charge in [-0.3, -0.25) is 13.9 Å². The van der Waals surface area contributed by atoms with Crippen LogP contribution < -0.4 is 11.2 Å². The molecular formula is C18H13Cl2IN2O2. The van der Waals surface area contributed by atoms with E-state index in [1.165, 1.54) is 15.2 Å². The number of hydrogen-bond acceptors (Lipinski definition) is 2. The van der Waals surface area contributed by atoms with Crippen molar-refractivity contribution < 1.29 is 0 Å². The van der Waals surface area contributed by atoms with E-state index in [0.717, 1.165) is 9.13 Å². The topological polar surface area (TPSA) is 44.0 Å². The summed E-state index contributed by atoms with van der Waals surface area (Å²) in [4.78, 5) is 25.2. The molecule has 0 fully saturated rings. The van der Waals surface area contributed by atoms with E-state index in [9.17, 15) is 9.59 Å². The third-order valence-electron chi connectivity index (χ3n) is 3.87. The summed E-state index contributed by atoms with van der Waals surface area (Å²) in [6.07, 6.45) is 0. The zero-order chi connectivity index (χ0) is 18.1. The van der Waals surface area contributed by atoms with Crippen molar-refractivity contribution in [3.8, 4) is 11.3 Å². The van der Waals surface area contributed by atoms with Crippen molar-refractivity contribution in [1.82, 2.24) is 9.13 Å². The maximum Gasteiger partial charge on any atom is 0.331 e. The fourth-order valence-electron chi connectivity index (χ4n) is 2.54. The van der Waals surface area contributed by atoms with Crippen LogP contribution in [0.15, 0.2) is 58.1 Å². The largest absolute Gasteiger partial charge is 0.331 e. The summed E-state index contributed by atoms with van der Waals surface area (Å²) in [6.45, 7) is 0.219. The zero-order valence-electron chi connectivity index (χ0n) is 13.2. The van der Waals surface area contributed by atoms with Gasteiger partial charge in [0.05, 0.1) is 17.3 Å². The van der Waals surface area contributed by atoms with Crippen LogP contribution in [0.2, 0.25) is 10.0 Å². The molecule has 128 valence electrons. The number of benzene rings is 2. The lowest BCUT2D eigenvalue weighted by Gasteiger charge is -2.13. The van der Waals surface area contributed by atoms with Crippen molar-refractivity contribution >= 4 is 45.8 Å². The molecule has 0 saturated carbocycles. The van der Waals surface area contributed by atoms with Gasteiger partial charge in [-0.1, -0.05) is 35.3 Å². The average molecular weight is 487 g/mol. The van der Waals surface area contributed by atoms with Crippen molar-refractivity contribution in [2.45, 2.75) is 6.54 Å². The van der Waals surface area contributed by atoms with Crippen molar-refractivity contribution in [3.63, 3.8) is 0 Å². The highest BCUT2D eigenvalue weighted by Gasteiger charge is 2.13. The van der Waals surface area contributed by atoms with Crippen molar-refractivity contribution in [3.05, 3.63) is 88.5 Å². The molecule has 3 aromatic rings. The quantitative estimate of drug-likeness (QED) is 0.521. The van der Waals surface area contributed by atoms with E-state index in [-0.39, 0.29) is 12.1 Å². The Balaban J connectivity index is 2.10. The van der Waals surface area contributed by atoms with Crippen molar-refractivity contribution in [1.29, 1.82) is 0 Å². The molecule has 0 saturated heterocycles. The Hall–Kier alpha value is -1.57. The average Bonchev–Trinajstić information content (AvgIpc) is 2.57. The Labute approximate surface area is 167 Å². The van der Waals surface area contributed by atoms with Crippen molar-refractivity contribution in [2.24, 2.45) is 7.05 Å². The molecular weight excluding hydrogens is 474 g/mol. The fourth-order valence-corrected chi connectivity index (χ4v) is 3.41. The van der Waals surface area contributed by atoms with E-state index in [1.807, 2.05) is 24.3 Å². The SMILES string of the molecule is Cn1c(-c2ccc(Cl)cc2Cl)cc(=O)n(Cc2ccc(I)cc2)c1=O. The number of halogens is 3. The first-order chi connectivity index (χ1) is 11.9. The van der Waals surface area contributed by atoms with Crippen LogP contribution in [0.4, 0.5) is 0 Å². The minimum absolute atomic E-state index is 0.219. The molecule has 0 N–H and O–H groups in total. The molecule has 4 nitrogen and oxygen atoms in total. The highest BCUT2D eigenvalue weighted by atomic mass is 127. The van der Waals surface area contributed by atoms with E-state index in [2.05, 4.69) is 22.6 Å². The normalized spacial score (nSPS) is 10.9. The van der Waals surface area contributed by atoms with Crippen LogP contribution in [-0.2, 0) is 13.6 Å². The van der Waals surface area contributed by atoms with Gasteiger partial charge in [0, 0.05) is 27.3 Å².